The Balaban J connectivity index is 1.94. The van der Waals surface area contributed by atoms with E-state index in [2.05, 4.69) is 10.6 Å². The van der Waals surface area contributed by atoms with Gasteiger partial charge in [-0.05, 0) is 37.8 Å². The van der Waals surface area contributed by atoms with Crippen LogP contribution in [0.2, 0.25) is 0 Å². The molecule has 134 valence electrons. The lowest BCUT2D eigenvalue weighted by molar-refractivity contribution is -0.127. The fraction of sp³-hybridized carbons (Fsp3) is 0.368. The fourth-order valence-corrected chi connectivity index (χ4v) is 2.60. The lowest BCUT2D eigenvalue weighted by atomic mass is 10.1. The van der Waals surface area contributed by atoms with Crippen molar-refractivity contribution in [1.29, 1.82) is 0 Å². The van der Waals surface area contributed by atoms with Crippen LogP contribution in [0.15, 0.2) is 42.5 Å². The van der Waals surface area contributed by atoms with Gasteiger partial charge < -0.3 is 22.1 Å². The predicted molar refractivity (Wildman–Crippen MR) is 101 cm³/mol. The third-order valence-corrected chi connectivity index (χ3v) is 4.11. The molecule has 2 aromatic rings. The highest BCUT2D eigenvalue weighted by Crippen LogP contribution is 2.22. The molecule has 0 aromatic heterocycles. The summed E-state index contributed by atoms with van der Waals surface area (Å²) in [5.74, 6) is -0.601. The summed E-state index contributed by atoms with van der Waals surface area (Å²) in [7, 11) is 0. The van der Waals surface area contributed by atoms with Crippen LogP contribution in [0, 0.1) is 0 Å². The van der Waals surface area contributed by atoms with Gasteiger partial charge in [-0.3, -0.25) is 9.59 Å². The lowest BCUT2D eigenvalue weighted by Crippen LogP contribution is -2.48. The van der Waals surface area contributed by atoms with Gasteiger partial charge in [0.05, 0.1) is 6.04 Å². The normalized spacial score (nSPS) is 13.2. The van der Waals surface area contributed by atoms with Crippen LogP contribution in [0.3, 0.4) is 0 Å². The first kappa shape index (κ1) is 18.9. The molecule has 2 aromatic carbocycles. The summed E-state index contributed by atoms with van der Waals surface area (Å²) in [6, 6.07) is 12.2. The van der Waals surface area contributed by atoms with Gasteiger partial charge in [-0.15, -0.1) is 0 Å². The largest absolute Gasteiger partial charge is 0.343 e. The van der Waals surface area contributed by atoms with Gasteiger partial charge in [-0.25, -0.2) is 0 Å². The summed E-state index contributed by atoms with van der Waals surface area (Å²) in [6.07, 6.45) is 2.18. The number of anilines is 1. The molecule has 6 N–H and O–H groups in total. The Morgan fingerprint density at radius 2 is 1.76 bits per heavy atom. The Kier molecular flexibility index (Phi) is 6.91. The van der Waals surface area contributed by atoms with E-state index in [1.54, 1.807) is 6.92 Å². The van der Waals surface area contributed by atoms with E-state index in [0.29, 0.717) is 13.0 Å². The Bertz CT molecular complexity index is 727. The van der Waals surface area contributed by atoms with Gasteiger partial charge in [0.1, 0.15) is 6.04 Å². The number of nitrogens with one attached hydrogen (secondary N) is 2. The zero-order valence-corrected chi connectivity index (χ0v) is 14.5. The van der Waals surface area contributed by atoms with Crippen molar-refractivity contribution in [3.8, 4) is 0 Å². The number of benzene rings is 2. The summed E-state index contributed by atoms with van der Waals surface area (Å²) >= 11 is 0. The topological polar surface area (TPSA) is 110 Å². The number of fused-ring (bicyclic) bond motifs is 1. The van der Waals surface area contributed by atoms with E-state index in [-0.39, 0.29) is 11.8 Å². The third-order valence-electron chi connectivity index (χ3n) is 4.11. The minimum absolute atomic E-state index is 0.279. The average Bonchev–Trinajstić information content (AvgIpc) is 2.62. The molecule has 0 aliphatic heterocycles. The minimum atomic E-state index is -0.674. The van der Waals surface area contributed by atoms with Gasteiger partial charge in [-0.2, -0.15) is 0 Å². The van der Waals surface area contributed by atoms with Gasteiger partial charge >= 0.3 is 0 Å². The molecule has 6 nitrogen and oxygen atoms in total. The third kappa shape index (κ3) is 5.27. The molecular formula is C19H26N4O2. The first-order valence-corrected chi connectivity index (χ1v) is 8.57. The molecule has 2 amide bonds. The second-order valence-corrected chi connectivity index (χ2v) is 6.14. The van der Waals surface area contributed by atoms with Crippen LogP contribution in [-0.4, -0.2) is 30.4 Å². The highest BCUT2D eigenvalue weighted by molar-refractivity contribution is 6.04. The first-order valence-electron chi connectivity index (χ1n) is 8.57. The molecule has 0 bridgehead atoms. The highest BCUT2D eigenvalue weighted by atomic mass is 16.2. The molecule has 0 aliphatic carbocycles. The van der Waals surface area contributed by atoms with Crippen LogP contribution in [-0.2, 0) is 9.59 Å². The number of carbonyl (C=O) groups is 2. The van der Waals surface area contributed by atoms with Gasteiger partial charge in [0, 0.05) is 11.1 Å². The second-order valence-electron chi connectivity index (χ2n) is 6.14. The van der Waals surface area contributed by atoms with E-state index < -0.39 is 12.1 Å². The molecular weight excluding hydrogens is 316 g/mol. The van der Waals surface area contributed by atoms with Gasteiger partial charge in [0.25, 0.3) is 0 Å². The first-order chi connectivity index (χ1) is 12.0. The van der Waals surface area contributed by atoms with Crippen molar-refractivity contribution in [2.75, 3.05) is 11.9 Å². The average molecular weight is 342 g/mol. The molecule has 0 radical (unpaired) electrons. The Hall–Kier alpha value is -2.44. The Morgan fingerprint density at radius 3 is 2.52 bits per heavy atom. The van der Waals surface area contributed by atoms with E-state index in [9.17, 15) is 9.59 Å². The van der Waals surface area contributed by atoms with Crippen molar-refractivity contribution in [3.63, 3.8) is 0 Å². The Labute approximate surface area is 148 Å². The van der Waals surface area contributed by atoms with E-state index in [1.807, 2.05) is 42.5 Å². The maximum atomic E-state index is 12.4. The van der Waals surface area contributed by atoms with E-state index in [0.717, 1.165) is 29.3 Å². The molecule has 0 fully saturated rings. The monoisotopic (exact) mass is 342 g/mol. The van der Waals surface area contributed by atoms with Crippen LogP contribution in [0.4, 0.5) is 5.69 Å². The Morgan fingerprint density at radius 1 is 1.04 bits per heavy atom. The lowest BCUT2D eigenvalue weighted by Gasteiger charge is -2.18. The van der Waals surface area contributed by atoms with Gasteiger partial charge in [0.15, 0.2) is 0 Å². The second kappa shape index (κ2) is 9.15. The minimum Gasteiger partial charge on any atom is -0.343 e. The SMILES string of the molecule is C[C@H](NC(=O)[C@@H](N)CCCCN)C(=O)Nc1cccc2ccccc12. The predicted octanol–water partition coefficient (Wildman–Crippen LogP) is 1.74. The van der Waals surface area contributed by atoms with Crippen molar-refractivity contribution in [1.82, 2.24) is 5.32 Å². The molecule has 6 heteroatoms. The summed E-state index contributed by atoms with van der Waals surface area (Å²) < 4.78 is 0. The van der Waals surface area contributed by atoms with Crippen LogP contribution >= 0.6 is 0 Å². The highest BCUT2D eigenvalue weighted by Gasteiger charge is 2.20. The number of rotatable bonds is 8. The maximum Gasteiger partial charge on any atom is 0.246 e. The number of nitrogens with two attached hydrogens (primary N) is 2. The zero-order valence-electron chi connectivity index (χ0n) is 14.5. The van der Waals surface area contributed by atoms with Crippen LogP contribution < -0.4 is 22.1 Å². The van der Waals surface area contributed by atoms with Crippen molar-refractivity contribution in [2.24, 2.45) is 11.5 Å². The number of hydrogen-bond donors (Lipinski definition) is 4. The molecule has 0 aliphatic rings. The van der Waals surface area contributed by atoms with Gasteiger partial charge in [0.2, 0.25) is 11.8 Å². The van der Waals surface area contributed by atoms with E-state index in [4.69, 9.17) is 11.5 Å². The quantitative estimate of drug-likeness (QED) is 0.548. The summed E-state index contributed by atoms with van der Waals surface area (Å²) in [5.41, 5.74) is 12.0. The molecule has 0 saturated carbocycles. The van der Waals surface area contributed by atoms with Crippen molar-refractivity contribution in [2.45, 2.75) is 38.3 Å². The number of unbranched alkanes of at least 4 members (excludes halogenated alkanes) is 1. The van der Waals surface area contributed by atoms with Crippen LogP contribution in [0.5, 0.6) is 0 Å². The molecule has 0 unspecified atom stereocenters. The standard InChI is InChI=1S/C19H26N4O2/c1-13(22-19(25)16(21)10-4-5-12-20)18(24)23-17-11-6-8-14-7-2-3-9-15(14)17/h2-3,6-9,11,13,16H,4-5,10,12,20-21H2,1H3,(H,22,25)(H,23,24)/t13-,16-/m0/s1. The van der Waals surface area contributed by atoms with Crippen LogP contribution in [0.1, 0.15) is 26.2 Å². The fourth-order valence-electron chi connectivity index (χ4n) is 2.60. The number of carbonyl (C=O) groups excluding carboxylic acids is 2. The number of hydrogen-bond acceptors (Lipinski definition) is 4. The molecule has 0 spiro atoms. The molecule has 25 heavy (non-hydrogen) atoms. The smallest absolute Gasteiger partial charge is 0.246 e. The van der Waals surface area contributed by atoms with Gasteiger partial charge in [-0.1, -0.05) is 42.8 Å². The summed E-state index contributed by atoms with van der Waals surface area (Å²) in [4.78, 5) is 24.5. The van der Waals surface area contributed by atoms with Crippen molar-refractivity contribution < 1.29 is 9.59 Å². The van der Waals surface area contributed by atoms with Crippen LogP contribution in [0.25, 0.3) is 10.8 Å². The molecule has 2 atom stereocenters. The summed E-state index contributed by atoms with van der Waals surface area (Å²) in [6.45, 7) is 2.23. The zero-order chi connectivity index (χ0) is 18.2. The van der Waals surface area contributed by atoms with Crippen molar-refractivity contribution in [3.05, 3.63) is 42.5 Å². The van der Waals surface area contributed by atoms with E-state index >= 15 is 0 Å². The molecule has 2 rings (SSSR count). The number of amides is 2. The molecule has 0 saturated heterocycles. The van der Waals surface area contributed by atoms with E-state index in [1.165, 1.54) is 0 Å². The van der Waals surface area contributed by atoms with Crippen molar-refractivity contribution >= 4 is 28.3 Å². The maximum absolute atomic E-state index is 12.4. The molecule has 0 heterocycles. The summed E-state index contributed by atoms with van der Waals surface area (Å²) in [5, 5.41) is 7.53.